The van der Waals surface area contributed by atoms with Crippen LogP contribution in [0.25, 0.3) is 0 Å². The van der Waals surface area contributed by atoms with Crippen molar-refractivity contribution in [2.45, 2.75) is 25.2 Å². The number of hydrogen-bond donors (Lipinski definition) is 1. The zero-order valence-corrected chi connectivity index (χ0v) is 16.3. The molecular weight excluding hydrogens is 369 g/mol. The number of hydrogen-bond acceptors (Lipinski definition) is 3. The molecule has 0 spiro atoms. The van der Waals surface area contributed by atoms with Crippen LogP contribution in [0.5, 0.6) is 0 Å². The molecule has 0 fully saturated rings. The lowest BCUT2D eigenvalue weighted by Gasteiger charge is -2.44. The van der Waals surface area contributed by atoms with Crippen LogP contribution in [0.4, 0.5) is 10.1 Å². The Morgan fingerprint density at radius 3 is 2.52 bits per heavy atom. The van der Waals surface area contributed by atoms with E-state index in [0.717, 1.165) is 11.1 Å². The maximum Gasteiger partial charge on any atom is 0.260 e. The van der Waals surface area contributed by atoms with E-state index in [1.54, 1.807) is 24.3 Å². The van der Waals surface area contributed by atoms with Crippen LogP contribution in [0.1, 0.15) is 22.3 Å². The fraction of sp³-hybridized carbons (Fsp3) is 0.208. The molecule has 2 unspecified atom stereocenters. The number of amides is 1. The first kappa shape index (κ1) is 19.3. The summed E-state index contributed by atoms with van der Waals surface area (Å²) in [7, 11) is 1.40. The largest absolute Gasteiger partial charge is 0.377 e. The van der Waals surface area contributed by atoms with Gasteiger partial charge in [-0.1, -0.05) is 66.2 Å². The lowest BCUT2D eigenvalue weighted by atomic mass is 9.77. The second-order valence-corrected chi connectivity index (χ2v) is 7.32. The molecule has 0 aromatic heterocycles. The maximum absolute atomic E-state index is 14.2. The lowest BCUT2D eigenvalue weighted by Crippen LogP contribution is -2.57. The highest BCUT2D eigenvalue weighted by atomic mass is 19.1. The number of carbonyl (C=O) groups is 1. The molecule has 4 nitrogen and oxygen atoms in total. The summed E-state index contributed by atoms with van der Waals surface area (Å²) in [6, 6.07) is 20.8. The van der Waals surface area contributed by atoms with Crippen molar-refractivity contribution in [1.82, 2.24) is 0 Å². The van der Waals surface area contributed by atoms with Crippen LogP contribution < -0.4 is 4.90 Å². The zero-order chi connectivity index (χ0) is 20.6. The molecule has 29 heavy (non-hydrogen) atoms. The van der Waals surface area contributed by atoms with Crippen LogP contribution >= 0.6 is 0 Å². The van der Waals surface area contributed by atoms with E-state index >= 15 is 0 Å². The number of ether oxygens (including phenoxy) is 1. The minimum atomic E-state index is -1.72. The Bertz CT molecular complexity index is 1050. The number of aliphatic hydroxyl groups is 1. The Morgan fingerprint density at radius 2 is 1.83 bits per heavy atom. The van der Waals surface area contributed by atoms with Gasteiger partial charge in [0.25, 0.3) is 5.91 Å². The summed E-state index contributed by atoms with van der Waals surface area (Å²) in [5.41, 5.74) is 1.55. The minimum Gasteiger partial charge on any atom is -0.377 e. The summed E-state index contributed by atoms with van der Waals surface area (Å²) in [5, 5.41) is 11.7. The molecule has 5 heteroatoms. The first-order valence-corrected chi connectivity index (χ1v) is 9.43. The summed E-state index contributed by atoms with van der Waals surface area (Å²) in [6.07, 6.45) is -1.16. The fourth-order valence-electron chi connectivity index (χ4n) is 4.06. The van der Waals surface area contributed by atoms with Gasteiger partial charge in [0.05, 0.1) is 12.2 Å². The molecule has 0 saturated carbocycles. The van der Waals surface area contributed by atoms with Gasteiger partial charge in [0.1, 0.15) is 5.82 Å². The highest BCUT2D eigenvalue weighted by molar-refractivity contribution is 6.01. The lowest BCUT2D eigenvalue weighted by molar-refractivity contribution is -0.145. The van der Waals surface area contributed by atoms with E-state index in [4.69, 9.17) is 4.74 Å². The second kappa shape index (κ2) is 7.43. The highest BCUT2D eigenvalue weighted by Gasteiger charge is 2.52. The van der Waals surface area contributed by atoms with Crippen molar-refractivity contribution >= 4 is 11.6 Å². The summed E-state index contributed by atoms with van der Waals surface area (Å²) >= 11 is 0. The Hall–Kier alpha value is -3.02. The molecule has 1 heterocycles. The van der Waals surface area contributed by atoms with Crippen molar-refractivity contribution in [3.05, 3.63) is 101 Å². The van der Waals surface area contributed by atoms with Gasteiger partial charge >= 0.3 is 0 Å². The second-order valence-electron chi connectivity index (χ2n) is 7.32. The highest BCUT2D eigenvalue weighted by Crippen LogP contribution is 2.45. The van der Waals surface area contributed by atoms with Crippen molar-refractivity contribution in [2.75, 3.05) is 12.0 Å². The average Bonchev–Trinajstić information content (AvgIpc) is 2.72. The Labute approximate surface area is 169 Å². The van der Waals surface area contributed by atoms with Crippen LogP contribution in [0.2, 0.25) is 0 Å². The van der Waals surface area contributed by atoms with E-state index in [-0.39, 0.29) is 6.54 Å². The van der Waals surface area contributed by atoms with Crippen LogP contribution in [0.3, 0.4) is 0 Å². The van der Waals surface area contributed by atoms with Crippen molar-refractivity contribution in [2.24, 2.45) is 0 Å². The van der Waals surface area contributed by atoms with E-state index in [1.165, 1.54) is 30.2 Å². The standard InChI is InChI=1S/C24H22FNO3/c1-16-7-6-8-17(13-16)15-26-21-14-19(25)11-12-20(21)24(28,22(29-2)23(26)27)18-9-4-3-5-10-18/h3-14,22,28H,15H2,1-2H3. The molecule has 1 aliphatic rings. The van der Waals surface area contributed by atoms with Gasteiger partial charge < -0.3 is 14.7 Å². The number of fused-ring (bicyclic) bond motifs is 1. The first-order chi connectivity index (χ1) is 13.9. The minimum absolute atomic E-state index is 0.252. The van der Waals surface area contributed by atoms with Gasteiger partial charge in [-0.25, -0.2) is 4.39 Å². The Morgan fingerprint density at radius 1 is 1.07 bits per heavy atom. The van der Waals surface area contributed by atoms with Gasteiger partial charge in [0.2, 0.25) is 0 Å². The molecule has 1 amide bonds. The molecule has 0 saturated heterocycles. The van der Waals surface area contributed by atoms with E-state index in [1.807, 2.05) is 37.3 Å². The van der Waals surface area contributed by atoms with Crippen LogP contribution in [-0.4, -0.2) is 24.2 Å². The van der Waals surface area contributed by atoms with E-state index in [2.05, 4.69) is 0 Å². The van der Waals surface area contributed by atoms with Crippen LogP contribution in [0.15, 0.2) is 72.8 Å². The summed E-state index contributed by atoms with van der Waals surface area (Å²) in [6.45, 7) is 2.23. The van der Waals surface area contributed by atoms with Crippen molar-refractivity contribution in [1.29, 1.82) is 0 Å². The molecule has 3 aromatic carbocycles. The Balaban J connectivity index is 1.90. The summed E-state index contributed by atoms with van der Waals surface area (Å²) in [4.78, 5) is 14.9. The summed E-state index contributed by atoms with van der Waals surface area (Å²) in [5.74, 6) is -0.893. The normalized spacial score (nSPS) is 21.2. The average molecular weight is 391 g/mol. The van der Waals surface area contributed by atoms with Gasteiger partial charge in [-0.15, -0.1) is 0 Å². The molecule has 0 bridgehead atoms. The third kappa shape index (κ3) is 3.22. The number of anilines is 1. The van der Waals surface area contributed by atoms with Gasteiger partial charge in [0, 0.05) is 12.7 Å². The number of halogens is 1. The molecule has 3 aromatic rings. The van der Waals surface area contributed by atoms with Gasteiger partial charge in [-0.2, -0.15) is 0 Å². The molecule has 0 radical (unpaired) electrons. The van der Waals surface area contributed by atoms with Crippen molar-refractivity contribution in [3.8, 4) is 0 Å². The van der Waals surface area contributed by atoms with Crippen LogP contribution in [0, 0.1) is 12.7 Å². The van der Waals surface area contributed by atoms with Gasteiger partial charge in [-0.05, 0) is 30.2 Å². The SMILES string of the molecule is COC1C(=O)N(Cc2cccc(C)c2)c2cc(F)ccc2C1(O)c1ccccc1. The molecule has 0 aliphatic carbocycles. The van der Waals surface area contributed by atoms with Gasteiger partial charge in [0.15, 0.2) is 11.7 Å². The third-order valence-electron chi connectivity index (χ3n) is 5.40. The number of rotatable bonds is 4. The molecule has 4 rings (SSSR count). The van der Waals surface area contributed by atoms with Crippen molar-refractivity contribution < 1.29 is 19.0 Å². The van der Waals surface area contributed by atoms with E-state index < -0.39 is 23.4 Å². The third-order valence-corrected chi connectivity index (χ3v) is 5.40. The monoisotopic (exact) mass is 391 g/mol. The number of benzene rings is 3. The molecule has 2 atom stereocenters. The zero-order valence-electron chi connectivity index (χ0n) is 16.3. The molecule has 1 N–H and O–H groups in total. The molecule has 1 aliphatic heterocycles. The number of aryl methyl sites for hydroxylation is 1. The quantitative estimate of drug-likeness (QED) is 0.733. The predicted octanol–water partition coefficient (Wildman–Crippen LogP) is 3.93. The number of carbonyl (C=O) groups excluding carboxylic acids is 1. The van der Waals surface area contributed by atoms with Crippen molar-refractivity contribution in [3.63, 3.8) is 0 Å². The van der Waals surface area contributed by atoms with Crippen LogP contribution in [-0.2, 0) is 21.7 Å². The first-order valence-electron chi connectivity index (χ1n) is 9.43. The predicted molar refractivity (Wildman–Crippen MR) is 109 cm³/mol. The number of methoxy groups -OCH3 is 1. The van der Waals surface area contributed by atoms with E-state index in [9.17, 15) is 14.3 Å². The summed E-state index contributed by atoms with van der Waals surface area (Å²) < 4.78 is 19.7. The topological polar surface area (TPSA) is 49.8 Å². The molecular formula is C24H22FNO3. The molecule has 148 valence electrons. The van der Waals surface area contributed by atoms with E-state index in [0.29, 0.717) is 16.8 Å². The maximum atomic E-state index is 14.2. The fourth-order valence-corrected chi connectivity index (χ4v) is 4.06. The number of nitrogens with zero attached hydrogens (tertiary/aromatic N) is 1. The smallest absolute Gasteiger partial charge is 0.260 e. The van der Waals surface area contributed by atoms with Gasteiger partial charge in [-0.3, -0.25) is 4.79 Å². The Kier molecular flexibility index (Phi) is 4.94.